The number of rotatable bonds is 8. The van der Waals surface area contributed by atoms with E-state index in [1.54, 1.807) is 30.3 Å². The van der Waals surface area contributed by atoms with Crippen molar-refractivity contribution < 1.29 is 28.3 Å². The minimum Gasteiger partial charge on any atom is -0.490 e. The van der Waals surface area contributed by atoms with E-state index in [-0.39, 0.29) is 23.9 Å². The number of ether oxygens (including phenoxy) is 3. The van der Waals surface area contributed by atoms with Gasteiger partial charge >= 0.3 is 5.97 Å². The molecule has 35 heavy (non-hydrogen) atoms. The van der Waals surface area contributed by atoms with Crippen molar-refractivity contribution in [3.8, 4) is 11.5 Å². The summed E-state index contributed by atoms with van der Waals surface area (Å²) in [6.07, 6.45) is 1.53. The minimum absolute atomic E-state index is 0.00372. The molecule has 0 spiro atoms. The van der Waals surface area contributed by atoms with Crippen LogP contribution in [-0.4, -0.2) is 23.4 Å². The lowest BCUT2D eigenvalue weighted by atomic mass is 10.1. The molecule has 0 atom stereocenters. The zero-order valence-electron chi connectivity index (χ0n) is 18.4. The van der Waals surface area contributed by atoms with Crippen molar-refractivity contribution in [3.05, 3.63) is 103 Å². The fourth-order valence-corrected chi connectivity index (χ4v) is 3.83. The number of cyclic esters (lactones) is 1. The average Bonchev–Trinajstić information content (AvgIpc) is 3.19. The second-order valence-electron chi connectivity index (χ2n) is 7.32. The largest absolute Gasteiger partial charge is 0.490 e. The number of hydrogen-bond donors (Lipinski definition) is 0. The van der Waals surface area contributed by atoms with Gasteiger partial charge in [-0.1, -0.05) is 6.07 Å². The van der Waals surface area contributed by atoms with Crippen molar-refractivity contribution in [1.29, 1.82) is 0 Å². The second kappa shape index (κ2) is 10.5. The van der Waals surface area contributed by atoms with Crippen LogP contribution in [0.25, 0.3) is 6.08 Å². The fraction of sp³-hybridized carbons (Fsp3) is 0.120. The predicted molar refractivity (Wildman–Crippen MR) is 130 cm³/mol. The van der Waals surface area contributed by atoms with Gasteiger partial charge in [0.15, 0.2) is 17.2 Å². The number of carbonyl (C=O) groups excluding carboxylic acids is 1. The normalized spacial score (nSPS) is 14.0. The number of aliphatic imine (C=N–C) groups is 1. The van der Waals surface area contributed by atoms with E-state index in [1.165, 1.54) is 36.4 Å². The van der Waals surface area contributed by atoms with E-state index in [0.29, 0.717) is 33.7 Å². The van der Waals surface area contributed by atoms with Crippen LogP contribution >= 0.6 is 15.9 Å². The van der Waals surface area contributed by atoms with Crippen LogP contribution in [0.15, 0.2) is 75.8 Å². The summed E-state index contributed by atoms with van der Waals surface area (Å²) in [4.78, 5) is 26.9. The molecule has 0 unspecified atom stereocenters. The summed E-state index contributed by atoms with van der Waals surface area (Å²) in [5.74, 6) is -0.236. The van der Waals surface area contributed by atoms with Gasteiger partial charge in [0, 0.05) is 17.7 Å². The zero-order valence-corrected chi connectivity index (χ0v) is 20.0. The maximum Gasteiger partial charge on any atom is 0.363 e. The third-order valence-electron chi connectivity index (χ3n) is 4.86. The van der Waals surface area contributed by atoms with Crippen molar-refractivity contribution in [2.45, 2.75) is 13.5 Å². The molecule has 0 bridgehead atoms. The Bertz CT molecular complexity index is 1350. The van der Waals surface area contributed by atoms with Gasteiger partial charge in [-0.05, 0) is 82.5 Å². The fourth-order valence-electron chi connectivity index (χ4n) is 3.26. The molecular weight excluding hydrogens is 523 g/mol. The highest BCUT2D eigenvalue weighted by molar-refractivity contribution is 9.10. The summed E-state index contributed by atoms with van der Waals surface area (Å²) in [6.45, 7) is 2.35. The highest BCUT2D eigenvalue weighted by Crippen LogP contribution is 2.38. The molecule has 0 fully saturated rings. The van der Waals surface area contributed by atoms with E-state index < -0.39 is 16.7 Å². The molecule has 1 heterocycles. The molecule has 3 aromatic rings. The number of halogens is 2. The maximum atomic E-state index is 13.5. The smallest absolute Gasteiger partial charge is 0.363 e. The van der Waals surface area contributed by atoms with E-state index in [4.69, 9.17) is 14.2 Å². The molecule has 1 aliphatic heterocycles. The first kappa shape index (κ1) is 24.1. The number of carbonyl (C=O) groups is 1. The third-order valence-corrected chi connectivity index (χ3v) is 5.45. The summed E-state index contributed by atoms with van der Waals surface area (Å²) in [6, 6.07) is 15.1. The monoisotopic (exact) mass is 540 g/mol. The van der Waals surface area contributed by atoms with Crippen LogP contribution in [0, 0.1) is 15.9 Å². The highest BCUT2D eigenvalue weighted by Gasteiger charge is 2.25. The summed E-state index contributed by atoms with van der Waals surface area (Å²) in [5.41, 5.74) is 1.74. The first-order valence-electron chi connectivity index (χ1n) is 10.4. The van der Waals surface area contributed by atoms with Gasteiger partial charge < -0.3 is 14.2 Å². The summed E-state index contributed by atoms with van der Waals surface area (Å²) >= 11 is 3.48. The Labute approximate surface area is 207 Å². The van der Waals surface area contributed by atoms with Crippen molar-refractivity contribution in [2.75, 3.05) is 6.61 Å². The number of non-ortho nitro benzene ring substituents is 1. The highest BCUT2D eigenvalue weighted by atomic mass is 79.9. The molecule has 0 aliphatic carbocycles. The lowest BCUT2D eigenvalue weighted by Crippen LogP contribution is -2.05. The Morgan fingerprint density at radius 1 is 1.14 bits per heavy atom. The molecule has 0 saturated carbocycles. The Kier molecular flexibility index (Phi) is 7.21. The van der Waals surface area contributed by atoms with E-state index in [9.17, 15) is 19.3 Å². The minimum atomic E-state index is -0.656. The van der Waals surface area contributed by atoms with Gasteiger partial charge in [-0.2, -0.15) is 0 Å². The third kappa shape index (κ3) is 5.72. The van der Waals surface area contributed by atoms with Crippen LogP contribution in [0.2, 0.25) is 0 Å². The number of hydrogen-bond acceptors (Lipinski definition) is 7. The average molecular weight is 541 g/mol. The van der Waals surface area contributed by atoms with Crippen molar-refractivity contribution in [1.82, 2.24) is 0 Å². The Hall–Kier alpha value is -4.05. The topological polar surface area (TPSA) is 100 Å². The number of nitro groups is 1. The molecule has 178 valence electrons. The number of benzene rings is 3. The molecule has 0 saturated heterocycles. The van der Waals surface area contributed by atoms with Gasteiger partial charge in [0.1, 0.15) is 12.4 Å². The Morgan fingerprint density at radius 3 is 2.60 bits per heavy atom. The standard InChI is InChI=1S/C25H18BrFN2O6/c1-2-33-22-12-16(11-21-25(30)35-24(28-21)17-4-3-5-18(27)13-17)10-20(26)23(22)34-14-15-6-8-19(9-7-15)29(31)32/h3-13H,2,14H2,1H3/b21-11-. The van der Waals surface area contributed by atoms with Gasteiger partial charge in [-0.25, -0.2) is 14.2 Å². The van der Waals surface area contributed by atoms with Crippen LogP contribution < -0.4 is 9.47 Å². The van der Waals surface area contributed by atoms with Crippen LogP contribution in [0.3, 0.4) is 0 Å². The van der Waals surface area contributed by atoms with E-state index >= 15 is 0 Å². The van der Waals surface area contributed by atoms with Crippen LogP contribution in [0.5, 0.6) is 11.5 Å². The van der Waals surface area contributed by atoms with Crippen LogP contribution in [0.4, 0.5) is 10.1 Å². The molecule has 1 aliphatic rings. The number of nitrogens with zero attached hydrogens (tertiary/aromatic N) is 2. The molecule has 0 radical (unpaired) electrons. The SMILES string of the molecule is CCOc1cc(/C=C2\N=C(c3cccc(F)c3)OC2=O)cc(Br)c1OCc1ccc([N+](=O)[O-])cc1. The van der Waals surface area contributed by atoms with Gasteiger partial charge in [0.25, 0.3) is 5.69 Å². The first-order chi connectivity index (χ1) is 16.8. The summed E-state index contributed by atoms with van der Waals surface area (Å²) in [5, 5.41) is 10.8. The molecule has 0 aromatic heterocycles. The molecule has 8 nitrogen and oxygen atoms in total. The molecular formula is C25H18BrFN2O6. The van der Waals surface area contributed by atoms with Gasteiger partial charge in [0.05, 0.1) is 16.0 Å². The van der Waals surface area contributed by atoms with E-state index in [1.807, 2.05) is 6.92 Å². The lowest BCUT2D eigenvalue weighted by molar-refractivity contribution is -0.384. The van der Waals surface area contributed by atoms with Crippen LogP contribution in [-0.2, 0) is 16.1 Å². The van der Waals surface area contributed by atoms with E-state index in [2.05, 4.69) is 20.9 Å². The second-order valence-corrected chi connectivity index (χ2v) is 8.18. The van der Waals surface area contributed by atoms with Crippen molar-refractivity contribution in [2.24, 2.45) is 4.99 Å². The molecule has 0 amide bonds. The Morgan fingerprint density at radius 2 is 1.91 bits per heavy atom. The molecule has 4 rings (SSSR count). The quantitative estimate of drug-likeness (QED) is 0.154. The van der Waals surface area contributed by atoms with Gasteiger partial charge in [-0.15, -0.1) is 0 Å². The summed E-state index contributed by atoms with van der Waals surface area (Å²) in [7, 11) is 0. The van der Waals surface area contributed by atoms with Crippen molar-refractivity contribution >= 4 is 39.6 Å². The molecule has 3 aromatic carbocycles. The first-order valence-corrected chi connectivity index (χ1v) is 11.2. The van der Waals surface area contributed by atoms with Crippen molar-refractivity contribution in [3.63, 3.8) is 0 Å². The molecule has 0 N–H and O–H groups in total. The lowest BCUT2D eigenvalue weighted by Gasteiger charge is -2.15. The molecule has 10 heteroatoms. The predicted octanol–water partition coefficient (Wildman–Crippen LogP) is 5.82. The maximum absolute atomic E-state index is 13.5. The Balaban J connectivity index is 1.58. The number of esters is 1. The van der Waals surface area contributed by atoms with Gasteiger partial charge in [-0.3, -0.25) is 10.1 Å². The van der Waals surface area contributed by atoms with E-state index in [0.717, 1.165) is 5.56 Å². The summed E-state index contributed by atoms with van der Waals surface area (Å²) < 4.78 is 30.9. The van der Waals surface area contributed by atoms with Gasteiger partial charge in [0.2, 0.25) is 5.90 Å². The number of nitro benzene ring substituents is 1. The van der Waals surface area contributed by atoms with Crippen LogP contribution in [0.1, 0.15) is 23.6 Å². The zero-order chi connectivity index (χ0) is 24.9.